The predicted molar refractivity (Wildman–Crippen MR) is 120 cm³/mol. The second-order valence-corrected chi connectivity index (χ2v) is 8.01. The van der Waals surface area contributed by atoms with Crippen molar-refractivity contribution in [2.45, 2.75) is 26.3 Å². The van der Waals surface area contributed by atoms with E-state index < -0.39 is 0 Å². The zero-order valence-corrected chi connectivity index (χ0v) is 17.6. The van der Waals surface area contributed by atoms with E-state index in [0.29, 0.717) is 28.1 Å². The molecule has 0 spiro atoms. The molecule has 2 aromatic carbocycles. The number of carbonyl (C=O) groups is 3. The number of anilines is 2. The summed E-state index contributed by atoms with van der Waals surface area (Å²) in [4.78, 5) is 41.1. The Morgan fingerprint density at radius 2 is 1.23 bits per heavy atom. The number of nitrogens with zero attached hydrogens (tertiary/aromatic N) is 1. The molecule has 31 heavy (non-hydrogen) atoms. The number of hydrogen-bond donors (Lipinski definition) is 3. The first-order chi connectivity index (χ1) is 14.7. The maximum absolute atomic E-state index is 12.6. The first-order valence-corrected chi connectivity index (χ1v) is 9.77. The molecule has 0 saturated carbocycles. The molecule has 0 unspecified atom stereocenters. The molecule has 0 aliphatic heterocycles. The Morgan fingerprint density at radius 3 is 1.84 bits per heavy atom. The first kappa shape index (κ1) is 21.7. The topological polar surface area (TPSA) is 100 Å². The van der Waals surface area contributed by atoms with Crippen molar-refractivity contribution in [2.75, 3.05) is 10.6 Å². The number of pyridine rings is 1. The van der Waals surface area contributed by atoms with Crippen molar-refractivity contribution in [3.8, 4) is 0 Å². The van der Waals surface area contributed by atoms with E-state index in [1.807, 2.05) is 20.8 Å². The van der Waals surface area contributed by atoms with Gasteiger partial charge in [-0.05, 0) is 75.4 Å². The minimum atomic E-state index is -0.345. The number of carbonyl (C=O) groups excluding carboxylic acids is 3. The standard InChI is InChI=1S/C24H24N4O3/c1-24(2,3)28-23(31)17-9-7-16(8-10-17)21(29)27-20-6-4-5-18(15-20)22(30)26-19-11-13-25-14-12-19/h4-15H,1-3H3,(H,27,29)(H,28,31)(H,25,26,30). The Labute approximate surface area is 180 Å². The normalized spacial score (nSPS) is 10.8. The van der Waals surface area contributed by atoms with E-state index in [4.69, 9.17) is 0 Å². The summed E-state index contributed by atoms with van der Waals surface area (Å²) in [5.41, 5.74) is 2.05. The summed E-state index contributed by atoms with van der Waals surface area (Å²) in [5, 5.41) is 8.43. The van der Waals surface area contributed by atoms with Gasteiger partial charge in [-0.25, -0.2) is 0 Å². The van der Waals surface area contributed by atoms with Gasteiger partial charge in [0, 0.05) is 46.0 Å². The molecule has 0 bridgehead atoms. The van der Waals surface area contributed by atoms with E-state index in [-0.39, 0.29) is 23.3 Å². The number of nitrogens with one attached hydrogen (secondary N) is 3. The highest BCUT2D eigenvalue weighted by Crippen LogP contribution is 2.15. The van der Waals surface area contributed by atoms with Crippen molar-refractivity contribution >= 4 is 29.1 Å². The molecule has 3 amide bonds. The van der Waals surface area contributed by atoms with Crippen LogP contribution in [-0.2, 0) is 0 Å². The Morgan fingerprint density at radius 1 is 0.677 bits per heavy atom. The van der Waals surface area contributed by atoms with Gasteiger partial charge in [0.15, 0.2) is 0 Å². The molecule has 3 N–H and O–H groups in total. The van der Waals surface area contributed by atoms with Gasteiger partial charge in [-0.1, -0.05) is 6.07 Å². The lowest BCUT2D eigenvalue weighted by Crippen LogP contribution is -2.40. The zero-order valence-electron chi connectivity index (χ0n) is 17.6. The Balaban J connectivity index is 1.66. The third kappa shape index (κ3) is 6.24. The van der Waals surface area contributed by atoms with Crippen LogP contribution in [0.4, 0.5) is 11.4 Å². The largest absolute Gasteiger partial charge is 0.347 e. The fraction of sp³-hybridized carbons (Fsp3) is 0.167. The monoisotopic (exact) mass is 416 g/mol. The molecule has 158 valence electrons. The van der Waals surface area contributed by atoms with E-state index in [0.717, 1.165) is 0 Å². The molecular formula is C24H24N4O3. The molecule has 3 rings (SSSR count). The lowest BCUT2D eigenvalue weighted by molar-refractivity contribution is 0.0917. The van der Waals surface area contributed by atoms with Crippen LogP contribution in [0.1, 0.15) is 51.8 Å². The first-order valence-electron chi connectivity index (χ1n) is 9.77. The summed E-state index contributed by atoms with van der Waals surface area (Å²) < 4.78 is 0. The predicted octanol–water partition coefficient (Wildman–Crippen LogP) is 4.11. The summed E-state index contributed by atoms with van der Waals surface area (Å²) in [7, 11) is 0. The van der Waals surface area contributed by atoms with Gasteiger partial charge in [0.1, 0.15) is 0 Å². The molecule has 7 nitrogen and oxygen atoms in total. The molecule has 0 saturated heterocycles. The van der Waals surface area contributed by atoms with Crippen LogP contribution < -0.4 is 16.0 Å². The quantitative estimate of drug-likeness (QED) is 0.583. The zero-order chi connectivity index (χ0) is 22.4. The highest BCUT2D eigenvalue weighted by atomic mass is 16.2. The van der Waals surface area contributed by atoms with Crippen LogP contribution in [-0.4, -0.2) is 28.2 Å². The van der Waals surface area contributed by atoms with Crippen molar-refractivity contribution in [1.29, 1.82) is 0 Å². The Kier molecular flexibility index (Phi) is 6.45. The molecule has 3 aromatic rings. The molecule has 0 aliphatic rings. The summed E-state index contributed by atoms with van der Waals surface area (Å²) >= 11 is 0. The second kappa shape index (κ2) is 9.21. The number of amides is 3. The van der Waals surface area contributed by atoms with Crippen LogP contribution >= 0.6 is 0 Å². The van der Waals surface area contributed by atoms with Gasteiger partial charge in [0.2, 0.25) is 0 Å². The molecule has 0 radical (unpaired) electrons. The van der Waals surface area contributed by atoms with Gasteiger partial charge in [0.25, 0.3) is 17.7 Å². The number of benzene rings is 2. The Bertz CT molecular complexity index is 1090. The average molecular weight is 416 g/mol. The lowest BCUT2D eigenvalue weighted by Gasteiger charge is -2.20. The smallest absolute Gasteiger partial charge is 0.255 e. The third-order valence-electron chi connectivity index (χ3n) is 4.22. The molecule has 0 fully saturated rings. The van der Waals surface area contributed by atoms with Crippen LogP contribution in [0, 0.1) is 0 Å². The fourth-order valence-electron chi connectivity index (χ4n) is 2.77. The molecule has 0 aliphatic carbocycles. The van der Waals surface area contributed by atoms with E-state index in [2.05, 4.69) is 20.9 Å². The van der Waals surface area contributed by atoms with Gasteiger partial charge < -0.3 is 16.0 Å². The van der Waals surface area contributed by atoms with E-state index in [1.165, 1.54) is 0 Å². The van der Waals surface area contributed by atoms with Gasteiger partial charge in [0.05, 0.1) is 0 Å². The molecular weight excluding hydrogens is 392 g/mol. The maximum atomic E-state index is 12.6. The number of hydrogen-bond acceptors (Lipinski definition) is 4. The fourth-order valence-corrected chi connectivity index (χ4v) is 2.77. The van der Waals surface area contributed by atoms with Gasteiger partial charge in [-0.15, -0.1) is 0 Å². The van der Waals surface area contributed by atoms with Gasteiger partial charge in [-0.2, -0.15) is 0 Å². The summed E-state index contributed by atoms with van der Waals surface area (Å²) in [6, 6.07) is 16.4. The van der Waals surface area contributed by atoms with E-state index in [9.17, 15) is 14.4 Å². The van der Waals surface area contributed by atoms with Crippen LogP contribution in [0.5, 0.6) is 0 Å². The number of rotatable bonds is 5. The maximum Gasteiger partial charge on any atom is 0.255 e. The van der Waals surface area contributed by atoms with Crippen LogP contribution in [0.2, 0.25) is 0 Å². The van der Waals surface area contributed by atoms with Crippen LogP contribution in [0.3, 0.4) is 0 Å². The average Bonchev–Trinajstić information content (AvgIpc) is 2.73. The van der Waals surface area contributed by atoms with Crippen molar-refractivity contribution in [2.24, 2.45) is 0 Å². The van der Waals surface area contributed by atoms with Crippen molar-refractivity contribution in [3.05, 3.63) is 89.7 Å². The summed E-state index contributed by atoms with van der Waals surface area (Å²) in [5.74, 6) is -0.835. The highest BCUT2D eigenvalue weighted by molar-refractivity contribution is 6.07. The summed E-state index contributed by atoms with van der Waals surface area (Å²) in [6.07, 6.45) is 3.18. The lowest BCUT2D eigenvalue weighted by atomic mass is 10.1. The summed E-state index contributed by atoms with van der Waals surface area (Å²) in [6.45, 7) is 5.70. The van der Waals surface area contributed by atoms with Crippen molar-refractivity contribution < 1.29 is 14.4 Å². The van der Waals surface area contributed by atoms with Crippen molar-refractivity contribution in [3.63, 3.8) is 0 Å². The number of aromatic nitrogens is 1. The molecule has 7 heteroatoms. The second-order valence-electron chi connectivity index (χ2n) is 8.01. The van der Waals surface area contributed by atoms with E-state index in [1.54, 1.807) is 73.1 Å². The highest BCUT2D eigenvalue weighted by Gasteiger charge is 2.16. The third-order valence-corrected chi connectivity index (χ3v) is 4.22. The molecule has 1 heterocycles. The minimum absolute atomic E-state index is 0.202. The van der Waals surface area contributed by atoms with Crippen LogP contribution in [0.25, 0.3) is 0 Å². The van der Waals surface area contributed by atoms with Crippen LogP contribution in [0.15, 0.2) is 73.1 Å². The molecule has 0 atom stereocenters. The minimum Gasteiger partial charge on any atom is -0.347 e. The van der Waals surface area contributed by atoms with Gasteiger partial charge in [-0.3, -0.25) is 19.4 Å². The van der Waals surface area contributed by atoms with Gasteiger partial charge >= 0.3 is 0 Å². The van der Waals surface area contributed by atoms with E-state index >= 15 is 0 Å². The Hall–Kier alpha value is -4.00. The van der Waals surface area contributed by atoms with Crippen molar-refractivity contribution in [1.82, 2.24) is 10.3 Å². The molecule has 1 aromatic heterocycles. The SMILES string of the molecule is CC(C)(C)NC(=O)c1ccc(C(=O)Nc2cccc(C(=O)Nc3ccncc3)c2)cc1.